The van der Waals surface area contributed by atoms with Crippen LogP contribution in [-0.4, -0.2) is 67.9 Å². The molecule has 1 aliphatic heterocycles. The number of piperazine rings is 1. The molecule has 1 rings (SSSR count). The number of ketones is 1. The summed E-state index contributed by atoms with van der Waals surface area (Å²) in [7, 11) is 2.15. The van der Waals surface area contributed by atoms with Gasteiger partial charge in [0.1, 0.15) is 0 Å². The van der Waals surface area contributed by atoms with Crippen molar-refractivity contribution in [2.75, 3.05) is 46.3 Å². The number of carbonyl (C=O) groups excluding carboxylic acids is 1. The summed E-state index contributed by atoms with van der Waals surface area (Å²) in [6.07, 6.45) is 0.630. The normalized spacial score (nSPS) is 20.9. The Morgan fingerprint density at radius 3 is 2.38 bits per heavy atom. The van der Waals surface area contributed by atoms with Gasteiger partial charge in [0.05, 0.1) is 6.04 Å². The van der Waals surface area contributed by atoms with Crippen LogP contribution in [0.5, 0.6) is 0 Å². The van der Waals surface area contributed by atoms with Crippen molar-refractivity contribution < 1.29 is 4.79 Å². The first-order valence-corrected chi connectivity index (χ1v) is 6.34. The molecule has 94 valence electrons. The van der Waals surface area contributed by atoms with Gasteiger partial charge >= 0.3 is 0 Å². The van der Waals surface area contributed by atoms with E-state index in [1.165, 1.54) is 0 Å². The zero-order chi connectivity index (χ0) is 12.0. The Morgan fingerprint density at radius 2 is 1.88 bits per heavy atom. The Morgan fingerprint density at radius 1 is 1.25 bits per heavy atom. The Bertz CT molecular complexity index is 212. The van der Waals surface area contributed by atoms with Gasteiger partial charge in [-0.1, -0.05) is 13.8 Å². The molecule has 16 heavy (non-hydrogen) atoms. The molecule has 0 aromatic rings. The van der Waals surface area contributed by atoms with E-state index in [2.05, 4.69) is 29.1 Å². The fourth-order valence-electron chi connectivity index (χ4n) is 2.06. The lowest BCUT2D eigenvalue weighted by atomic mass is 10.1. The van der Waals surface area contributed by atoms with Gasteiger partial charge in [0, 0.05) is 39.1 Å². The summed E-state index contributed by atoms with van der Waals surface area (Å²) in [5.74, 6) is 0.334. The summed E-state index contributed by atoms with van der Waals surface area (Å²) < 4.78 is 0. The number of carbonyl (C=O) groups is 1. The van der Waals surface area contributed by atoms with Gasteiger partial charge in [-0.3, -0.25) is 9.69 Å². The number of Topliss-reactive ketones (excluding diaryl/α,β-unsaturated/α-hetero) is 1. The monoisotopic (exact) mass is 227 g/mol. The van der Waals surface area contributed by atoms with Crippen LogP contribution in [0.2, 0.25) is 0 Å². The molecule has 0 spiro atoms. The molecular formula is C12H25N3O. The number of hydrogen-bond donors (Lipinski definition) is 1. The molecule has 1 fully saturated rings. The van der Waals surface area contributed by atoms with E-state index < -0.39 is 0 Å². The second-order valence-corrected chi connectivity index (χ2v) is 4.53. The third kappa shape index (κ3) is 4.20. The van der Waals surface area contributed by atoms with Crippen LogP contribution in [0.3, 0.4) is 0 Å². The largest absolute Gasteiger partial charge is 0.307 e. The van der Waals surface area contributed by atoms with E-state index in [4.69, 9.17) is 0 Å². The summed E-state index contributed by atoms with van der Waals surface area (Å²) in [6.45, 7) is 10.1. The second-order valence-electron chi connectivity index (χ2n) is 4.53. The highest BCUT2D eigenvalue weighted by atomic mass is 16.1. The molecule has 0 aliphatic carbocycles. The van der Waals surface area contributed by atoms with Gasteiger partial charge in [0.25, 0.3) is 0 Å². The number of rotatable bonds is 6. The molecule has 1 aliphatic rings. The van der Waals surface area contributed by atoms with Gasteiger partial charge in [-0.2, -0.15) is 0 Å². The molecule has 0 radical (unpaired) electrons. The second kappa shape index (κ2) is 6.99. The van der Waals surface area contributed by atoms with Crippen molar-refractivity contribution in [2.24, 2.45) is 0 Å². The number of likely N-dealkylation sites (N-methyl/N-ethyl adjacent to an activating group) is 2. The van der Waals surface area contributed by atoms with Gasteiger partial charge in [-0.25, -0.2) is 0 Å². The number of nitrogens with zero attached hydrogens (tertiary/aromatic N) is 2. The molecule has 1 saturated heterocycles. The minimum absolute atomic E-state index is 0.0263. The van der Waals surface area contributed by atoms with E-state index in [1.807, 2.05) is 6.92 Å². The smallest absolute Gasteiger partial charge is 0.150 e. The van der Waals surface area contributed by atoms with Crippen molar-refractivity contribution in [2.45, 2.75) is 26.3 Å². The lowest BCUT2D eigenvalue weighted by molar-refractivity contribution is -0.121. The Kier molecular flexibility index (Phi) is 5.95. The van der Waals surface area contributed by atoms with Gasteiger partial charge in [-0.15, -0.1) is 0 Å². The lowest BCUT2D eigenvalue weighted by Crippen LogP contribution is -2.51. The molecule has 1 unspecified atom stereocenters. The Hall–Kier alpha value is -0.450. The topological polar surface area (TPSA) is 35.6 Å². The van der Waals surface area contributed by atoms with E-state index in [9.17, 15) is 4.79 Å². The lowest BCUT2D eigenvalue weighted by Gasteiger charge is -2.34. The maximum Gasteiger partial charge on any atom is 0.150 e. The van der Waals surface area contributed by atoms with Gasteiger partial charge in [0.2, 0.25) is 0 Å². The van der Waals surface area contributed by atoms with Crippen LogP contribution < -0.4 is 5.32 Å². The highest BCUT2D eigenvalue weighted by molar-refractivity contribution is 5.83. The molecule has 0 bridgehead atoms. The average molecular weight is 227 g/mol. The van der Waals surface area contributed by atoms with Crippen LogP contribution in [0, 0.1) is 0 Å². The number of hydrogen-bond acceptors (Lipinski definition) is 4. The van der Waals surface area contributed by atoms with E-state index in [-0.39, 0.29) is 6.04 Å². The summed E-state index contributed by atoms with van der Waals surface area (Å²) in [4.78, 5) is 16.5. The minimum atomic E-state index is 0.0263. The summed E-state index contributed by atoms with van der Waals surface area (Å²) in [5, 5.41) is 3.29. The van der Waals surface area contributed by atoms with Gasteiger partial charge < -0.3 is 10.2 Å². The van der Waals surface area contributed by atoms with Crippen molar-refractivity contribution in [1.82, 2.24) is 15.1 Å². The molecule has 0 aromatic carbocycles. The summed E-state index contributed by atoms with van der Waals surface area (Å²) in [5.41, 5.74) is 0. The Labute approximate surface area is 99.0 Å². The molecule has 1 atom stereocenters. The van der Waals surface area contributed by atoms with Gasteiger partial charge in [-0.05, 0) is 13.6 Å². The predicted molar refractivity (Wildman–Crippen MR) is 66.7 cm³/mol. The quantitative estimate of drug-likeness (QED) is 0.703. The van der Waals surface area contributed by atoms with Crippen molar-refractivity contribution in [3.05, 3.63) is 0 Å². The molecule has 4 heteroatoms. The van der Waals surface area contributed by atoms with E-state index >= 15 is 0 Å². The van der Waals surface area contributed by atoms with E-state index in [0.717, 1.165) is 39.3 Å². The SMILES string of the molecule is CCNC(CN1CCN(C)CC1)C(=O)CC. The van der Waals surface area contributed by atoms with Crippen LogP contribution in [-0.2, 0) is 4.79 Å². The van der Waals surface area contributed by atoms with E-state index in [0.29, 0.717) is 12.2 Å². The molecule has 0 amide bonds. The fraction of sp³-hybridized carbons (Fsp3) is 0.917. The van der Waals surface area contributed by atoms with Crippen molar-refractivity contribution >= 4 is 5.78 Å². The van der Waals surface area contributed by atoms with Crippen molar-refractivity contribution in [3.63, 3.8) is 0 Å². The van der Waals surface area contributed by atoms with Crippen molar-refractivity contribution in [1.29, 1.82) is 0 Å². The molecule has 0 aromatic heterocycles. The Balaban J connectivity index is 2.39. The van der Waals surface area contributed by atoms with Crippen LogP contribution in [0.1, 0.15) is 20.3 Å². The number of nitrogens with one attached hydrogen (secondary N) is 1. The summed E-state index contributed by atoms with van der Waals surface area (Å²) in [6, 6.07) is 0.0263. The standard InChI is InChI=1S/C12H25N3O/c1-4-12(16)11(13-5-2)10-15-8-6-14(3)7-9-15/h11,13H,4-10H2,1-3H3. The van der Waals surface area contributed by atoms with Gasteiger partial charge in [0.15, 0.2) is 5.78 Å². The highest BCUT2D eigenvalue weighted by Gasteiger charge is 2.21. The first kappa shape index (κ1) is 13.6. The maximum absolute atomic E-state index is 11.7. The molecular weight excluding hydrogens is 202 g/mol. The average Bonchev–Trinajstić information content (AvgIpc) is 2.30. The van der Waals surface area contributed by atoms with E-state index in [1.54, 1.807) is 0 Å². The zero-order valence-electron chi connectivity index (χ0n) is 10.8. The first-order chi connectivity index (χ1) is 7.67. The predicted octanol–water partition coefficient (Wildman–Crippen LogP) is 0.191. The minimum Gasteiger partial charge on any atom is -0.307 e. The molecule has 1 heterocycles. The third-order valence-electron chi connectivity index (χ3n) is 3.22. The molecule has 4 nitrogen and oxygen atoms in total. The van der Waals surface area contributed by atoms with Crippen LogP contribution in [0.4, 0.5) is 0 Å². The molecule has 0 saturated carbocycles. The maximum atomic E-state index is 11.7. The van der Waals surface area contributed by atoms with Crippen molar-refractivity contribution in [3.8, 4) is 0 Å². The molecule has 1 N–H and O–H groups in total. The zero-order valence-corrected chi connectivity index (χ0v) is 10.8. The van der Waals surface area contributed by atoms with Crippen LogP contribution in [0.15, 0.2) is 0 Å². The third-order valence-corrected chi connectivity index (χ3v) is 3.22. The first-order valence-electron chi connectivity index (χ1n) is 6.34. The van der Waals surface area contributed by atoms with Crippen LogP contribution in [0.25, 0.3) is 0 Å². The summed E-state index contributed by atoms with van der Waals surface area (Å²) >= 11 is 0. The highest BCUT2D eigenvalue weighted by Crippen LogP contribution is 2.02. The fourth-order valence-corrected chi connectivity index (χ4v) is 2.06. The van der Waals surface area contributed by atoms with Crippen LogP contribution >= 0.6 is 0 Å².